The van der Waals surface area contributed by atoms with Crippen LogP contribution in [0.1, 0.15) is 48.5 Å². The molecule has 0 spiro atoms. The van der Waals surface area contributed by atoms with Crippen LogP contribution in [0.3, 0.4) is 0 Å². The quantitative estimate of drug-likeness (QED) is 0.564. The van der Waals surface area contributed by atoms with Gasteiger partial charge in [-0.25, -0.2) is 13.2 Å². The van der Waals surface area contributed by atoms with Gasteiger partial charge in [0.2, 0.25) is 0 Å². The van der Waals surface area contributed by atoms with E-state index in [1.165, 1.54) is 24.3 Å². The van der Waals surface area contributed by atoms with Crippen LogP contribution < -0.4 is 10.0 Å². The van der Waals surface area contributed by atoms with Crippen molar-refractivity contribution in [1.82, 2.24) is 5.32 Å². The van der Waals surface area contributed by atoms with Gasteiger partial charge in [0.1, 0.15) is 0 Å². The lowest BCUT2D eigenvalue weighted by atomic mass is 10.1. The molecule has 0 saturated heterocycles. The van der Waals surface area contributed by atoms with Crippen molar-refractivity contribution in [1.29, 1.82) is 0 Å². The number of carbonyl (C=O) groups is 2. The number of hydrogen-bond acceptors (Lipinski definition) is 5. The highest BCUT2D eigenvalue weighted by Gasteiger charge is 2.24. The van der Waals surface area contributed by atoms with Crippen molar-refractivity contribution in [2.75, 3.05) is 11.3 Å². The summed E-state index contributed by atoms with van der Waals surface area (Å²) in [5.74, 6) is -1.11. The molecule has 0 heterocycles. The maximum absolute atomic E-state index is 12.7. The first-order valence-electron chi connectivity index (χ1n) is 10.1. The molecular weight excluding hydrogens is 404 g/mol. The zero-order valence-electron chi connectivity index (χ0n) is 16.9. The van der Waals surface area contributed by atoms with Gasteiger partial charge in [-0.05, 0) is 61.6 Å². The SMILES string of the molecule is CCCCc1ccc(NS(=O)(=O)c2cccc(C(=O)OCC(=O)NC3CC3)c2)cc1. The van der Waals surface area contributed by atoms with Crippen molar-refractivity contribution < 1.29 is 22.7 Å². The van der Waals surface area contributed by atoms with Crippen molar-refractivity contribution in [3.8, 4) is 0 Å². The Labute approximate surface area is 176 Å². The zero-order valence-corrected chi connectivity index (χ0v) is 17.7. The number of benzene rings is 2. The minimum absolute atomic E-state index is 0.0607. The Balaban J connectivity index is 1.62. The van der Waals surface area contributed by atoms with Crippen LogP contribution in [-0.4, -0.2) is 32.9 Å². The van der Waals surface area contributed by atoms with E-state index in [4.69, 9.17) is 4.74 Å². The highest BCUT2D eigenvalue weighted by molar-refractivity contribution is 7.92. The fourth-order valence-electron chi connectivity index (χ4n) is 2.84. The molecule has 1 aliphatic carbocycles. The van der Waals surface area contributed by atoms with E-state index >= 15 is 0 Å². The van der Waals surface area contributed by atoms with Gasteiger partial charge in [-0.15, -0.1) is 0 Å². The first kappa shape index (κ1) is 21.8. The number of amides is 1. The lowest BCUT2D eigenvalue weighted by Crippen LogP contribution is -2.30. The van der Waals surface area contributed by atoms with Crippen LogP contribution in [0.5, 0.6) is 0 Å². The van der Waals surface area contributed by atoms with E-state index < -0.39 is 22.6 Å². The van der Waals surface area contributed by atoms with Crippen molar-refractivity contribution in [2.45, 2.75) is 50.0 Å². The largest absolute Gasteiger partial charge is 0.452 e. The summed E-state index contributed by atoms with van der Waals surface area (Å²) < 4.78 is 32.9. The molecule has 7 nitrogen and oxygen atoms in total. The minimum Gasteiger partial charge on any atom is -0.452 e. The van der Waals surface area contributed by atoms with Crippen LogP contribution in [0.2, 0.25) is 0 Å². The molecule has 0 bridgehead atoms. The normalized spacial score (nSPS) is 13.5. The summed E-state index contributed by atoms with van der Waals surface area (Å²) in [5, 5.41) is 2.72. The van der Waals surface area contributed by atoms with E-state index in [-0.39, 0.29) is 22.4 Å². The number of rotatable bonds is 10. The van der Waals surface area contributed by atoms with Crippen molar-refractivity contribution in [2.24, 2.45) is 0 Å². The molecule has 0 unspecified atom stereocenters. The number of hydrogen-bond donors (Lipinski definition) is 2. The van der Waals surface area contributed by atoms with Gasteiger partial charge in [0.05, 0.1) is 10.5 Å². The van der Waals surface area contributed by atoms with Crippen LogP contribution >= 0.6 is 0 Å². The Morgan fingerprint density at radius 3 is 2.50 bits per heavy atom. The molecule has 0 atom stereocenters. The number of carbonyl (C=O) groups excluding carboxylic acids is 2. The number of sulfonamides is 1. The summed E-state index contributed by atoms with van der Waals surface area (Å²) in [6.07, 6.45) is 5.00. The van der Waals surface area contributed by atoms with Crippen LogP contribution in [-0.2, 0) is 26.0 Å². The fourth-order valence-corrected chi connectivity index (χ4v) is 3.94. The molecule has 1 saturated carbocycles. The molecule has 8 heteroatoms. The molecule has 2 aromatic rings. The van der Waals surface area contributed by atoms with Crippen molar-refractivity contribution >= 4 is 27.6 Å². The lowest BCUT2D eigenvalue weighted by molar-refractivity contribution is -0.124. The summed E-state index contributed by atoms with van der Waals surface area (Å²) in [4.78, 5) is 23.8. The van der Waals surface area contributed by atoms with Gasteiger partial charge in [-0.3, -0.25) is 9.52 Å². The summed E-state index contributed by atoms with van der Waals surface area (Å²) in [7, 11) is -3.88. The molecule has 1 amide bonds. The molecule has 3 rings (SSSR count). The summed E-state index contributed by atoms with van der Waals surface area (Å²) in [5.41, 5.74) is 1.65. The molecular formula is C22H26N2O5S. The highest BCUT2D eigenvalue weighted by Crippen LogP contribution is 2.20. The van der Waals surface area contributed by atoms with E-state index in [2.05, 4.69) is 17.0 Å². The van der Waals surface area contributed by atoms with Gasteiger partial charge in [-0.2, -0.15) is 0 Å². The topological polar surface area (TPSA) is 102 Å². The number of anilines is 1. The zero-order chi connectivity index (χ0) is 21.6. The van der Waals surface area contributed by atoms with Crippen LogP contribution in [0, 0.1) is 0 Å². The van der Waals surface area contributed by atoms with E-state index in [0.29, 0.717) is 5.69 Å². The third-order valence-corrected chi connectivity index (χ3v) is 6.06. The maximum Gasteiger partial charge on any atom is 0.338 e. The average molecular weight is 431 g/mol. The monoisotopic (exact) mass is 430 g/mol. The van der Waals surface area contributed by atoms with Gasteiger partial charge < -0.3 is 10.1 Å². The van der Waals surface area contributed by atoms with Gasteiger partial charge >= 0.3 is 5.97 Å². The second-order valence-electron chi connectivity index (χ2n) is 7.35. The van der Waals surface area contributed by atoms with Crippen LogP contribution in [0.25, 0.3) is 0 Å². The Morgan fingerprint density at radius 2 is 1.83 bits per heavy atom. The fraction of sp³-hybridized carbons (Fsp3) is 0.364. The Hall–Kier alpha value is -2.87. The van der Waals surface area contributed by atoms with Gasteiger partial charge in [0.25, 0.3) is 15.9 Å². The summed E-state index contributed by atoms with van der Waals surface area (Å²) in [6, 6.07) is 13.0. The molecule has 1 fully saturated rings. The van der Waals surface area contributed by atoms with E-state index in [0.717, 1.165) is 37.7 Å². The van der Waals surface area contributed by atoms with Gasteiger partial charge in [0, 0.05) is 11.7 Å². The maximum atomic E-state index is 12.7. The standard InChI is InChI=1S/C22H26N2O5S/c1-2-3-5-16-8-10-19(11-9-16)24-30(27,28)20-7-4-6-17(14-20)22(26)29-15-21(25)23-18-12-13-18/h4,6-11,14,18,24H,2-3,5,12-13,15H2,1H3,(H,23,25). The molecule has 0 radical (unpaired) electrons. The number of aryl methyl sites for hydroxylation is 1. The van der Waals surface area contributed by atoms with Crippen molar-refractivity contribution in [3.63, 3.8) is 0 Å². The predicted octanol–water partition coefficient (Wildman–Crippen LogP) is 3.27. The van der Waals surface area contributed by atoms with Crippen molar-refractivity contribution in [3.05, 3.63) is 59.7 Å². The molecule has 30 heavy (non-hydrogen) atoms. The molecule has 2 aromatic carbocycles. The second kappa shape index (κ2) is 9.75. The summed E-state index contributed by atoms with van der Waals surface area (Å²) >= 11 is 0. The molecule has 0 aliphatic heterocycles. The van der Waals surface area contributed by atoms with E-state index in [9.17, 15) is 18.0 Å². The number of unbranched alkanes of at least 4 members (excludes halogenated alkanes) is 1. The third kappa shape index (κ3) is 6.32. The first-order chi connectivity index (χ1) is 14.4. The van der Waals surface area contributed by atoms with E-state index in [1.807, 2.05) is 12.1 Å². The molecule has 0 aromatic heterocycles. The summed E-state index contributed by atoms with van der Waals surface area (Å²) in [6.45, 7) is 1.73. The third-order valence-electron chi connectivity index (χ3n) is 4.68. The Bertz CT molecular complexity index is 998. The predicted molar refractivity (Wildman–Crippen MR) is 114 cm³/mol. The average Bonchev–Trinajstić information content (AvgIpc) is 3.55. The Kier molecular flexibility index (Phi) is 7.10. The first-order valence-corrected chi connectivity index (χ1v) is 11.5. The van der Waals surface area contributed by atoms with Gasteiger partial charge in [-0.1, -0.05) is 31.5 Å². The second-order valence-corrected chi connectivity index (χ2v) is 9.03. The number of nitrogens with one attached hydrogen (secondary N) is 2. The minimum atomic E-state index is -3.88. The Morgan fingerprint density at radius 1 is 1.10 bits per heavy atom. The smallest absolute Gasteiger partial charge is 0.338 e. The van der Waals surface area contributed by atoms with Gasteiger partial charge in [0.15, 0.2) is 6.61 Å². The van der Waals surface area contributed by atoms with Crippen LogP contribution in [0.15, 0.2) is 53.4 Å². The van der Waals surface area contributed by atoms with E-state index in [1.54, 1.807) is 12.1 Å². The highest BCUT2D eigenvalue weighted by atomic mass is 32.2. The number of ether oxygens (including phenoxy) is 1. The van der Waals surface area contributed by atoms with Crippen LogP contribution in [0.4, 0.5) is 5.69 Å². The lowest BCUT2D eigenvalue weighted by Gasteiger charge is -2.10. The molecule has 2 N–H and O–H groups in total. The number of esters is 1. The molecule has 1 aliphatic rings. The molecule has 160 valence electrons.